The van der Waals surface area contributed by atoms with E-state index >= 15 is 0 Å². The molecule has 0 aliphatic carbocycles. The molecule has 0 aromatic heterocycles. The Morgan fingerprint density at radius 3 is 2.32 bits per heavy atom. The number of sulfonamides is 1. The largest absolute Gasteiger partial charge is 0.471 e. The van der Waals surface area contributed by atoms with Crippen LogP contribution in [0.4, 0.5) is 24.5 Å². The summed E-state index contributed by atoms with van der Waals surface area (Å²) in [7, 11) is -3.99. The number of benzene rings is 2. The van der Waals surface area contributed by atoms with Gasteiger partial charge in [-0.15, -0.1) is 0 Å². The summed E-state index contributed by atoms with van der Waals surface area (Å²) >= 11 is 0. The first-order chi connectivity index (χ1) is 15.9. The molecule has 2 aromatic carbocycles. The van der Waals surface area contributed by atoms with E-state index in [4.69, 9.17) is 0 Å². The van der Waals surface area contributed by atoms with Crippen LogP contribution in [0.2, 0.25) is 0 Å². The Bertz CT molecular complexity index is 1210. The van der Waals surface area contributed by atoms with E-state index in [9.17, 15) is 36.0 Å². The van der Waals surface area contributed by atoms with Crippen LogP contribution in [0.5, 0.6) is 0 Å². The Kier molecular flexibility index (Phi) is 7.26. The van der Waals surface area contributed by atoms with Crippen LogP contribution in [0.1, 0.15) is 22.8 Å². The number of nitrogens with one attached hydrogen (secondary N) is 3. The van der Waals surface area contributed by atoms with Crippen LogP contribution in [-0.2, 0) is 26.0 Å². The number of alkyl halides is 3. The summed E-state index contributed by atoms with van der Waals surface area (Å²) in [5, 5.41) is 5.12. The number of carbonyl (C=O) groups excluding carboxylic acids is 3. The van der Waals surface area contributed by atoms with Gasteiger partial charge in [0, 0.05) is 43.5 Å². The molecule has 3 rings (SSSR count). The van der Waals surface area contributed by atoms with Gasteiger partial charge in [-0.2, -0.15) is 13.2 Å². The molecular formula is C21H21F3N4O5S. The highest BCUT2D eigenvalue weighted by Crippen LogP contribution is 2.33. The number of halogens is 3. The molecule has 0 saturated heterocycles. The molecule has 0 saturated carbocycles. The third-order valence-electron chi connectivity index (χ3n) is 4.91. The number of amides is 3. The van der Waals surface area contributed by atoms with E-state index < -0.39 is 28.0 Å². The summed E-state index contributed by atoms with van der Waals surface area (Å²) in [4.78, 5) is 35.1. The summed E-state index contributed by atoms with van der Waals surface area (Å²) in [6.07, 6.45) is -4.93. The standard InChI is InChI=1S/C21H21F3N4O5S/c1-13(29)27-16-4-2-14(3-5-16)19(30)25-9-10-26-34(32,33)17-6-7-18-15(12-17)8-11-28(18)20(31)21(22,23)24/h2-7,12,26H,8-11H2,1H3,(H,25,30)(H,27,29). The molecule has 3 N–H and O–H groups in total. The predicted molar refractivity (Wildman–Crippen MR) is 117 cm³/mol. The third-order valence-corrected chi connectivity index (χ3v) is 6.37. The van der Waals surface area contributed by atoms with Gasteiger partial charge in [0.05, 0.1) is 4.90 Å². The van der Waals surface area contributed by atoms with E-state index in [1.807, 2.05) is 0 Å². The van der Waals surface area contributed by atoms with Crippen LogP contribution < -0.4 is 20.3 Å². The summed E-state index contributed by atoms with van der Waals surface area (Å²) in [5.74, 6) is -2.69. The lowest BCUT2D eigenvalue weighted by atomic mass is 10.2. The first-order valence-corrected chi connectivity index (χ1v) is 11.5. The minimum atomic E-state index is -5.02. The van der Waals surface area contributed by atoms with Crippen molar-refractivity contribution in [3.63, 3.8) is 0 Å². The molecule has 1 aliphatic rings. The Morgan fingerprint density at radius 1 is 1.03 bits per heavy atom. The van der Waals surface area contributed by atoms with Gasteiger partial charge in [-0.25, -0.2) is 13.1 Å². The zero-order valence-electron chi connectivity index (χ0n) is 17.9. The number of carbonyl (C=O) groups is 3. The summed E-state index contributed by atoms with van der Waals surface area (Å²) in [6, 6.07) is 9.64. The maximum Gasteiger partial charge on any atom is 0.471 e. The normalized spacial score (nSPS) is 13.4. The van der Waals surface area contributed by atoms with Crippen molar-refractivity contribution in [2.75, 3.05) is 29.9 Å². The average Bonchev–Trinajstić information content (AvgIpc) is 3.18. The second-order valence-electron chi connectivity index (χ2n) is 7.41. The second-order valence-corrected chi connectivity index (χ2v) is 9.17. The Hall–Kier alpha value is -3.45. The van der Waals surface area contributed by atoms with E-state index in [2.05, 4.69) is 15.4 Å². The molecule has 0 atom stereocenters. The van der Waals surface area contributed by atoms with Crippen LogP contribution in [0.3, 0.4) is 0 Å². The van der Waals surface area contributed by atoms with Gasteiger partial charge in [0.2, 0.25) is 15.9 Å². The number of hydrogen-bond donors (Lipinski definition) is 3. The van der Waals surface area contributed by atoms with Gasteiger partial charge >= 0.3 is 12.1 Å². The molecule has 0 bridgehead atoms. The second kappa shape index (κ2) is 9.81. The molecule has 0 unspecified atom stereocenters. The van der Waals surface area contributed by atoms with Crippen molar-refractivity contribution in [2.45, 2.75) is 24.4 Å². The van der Waals surface area contributed by atoms with Gasteiger partial charge in [-0.05, 0) is 54.4 Å². The molecule has 3 amide bonds. The maximum absolute atomic E-state index is 12.7. The quantitative estimate of drug-likeness (QED) is 0.503. The van der Waals surface area contributed by atoms with Crippen LogP contribution in [0.25, 0.3) is 0 Å². The number of rotatable bonds is 7. The molecular weight excluding hydrogens is 477 g/mol. The van der Waals surface area contributed by atoms with Gasteiger partial charge in [0.25, 0.3) is 5.91 Å². The number of hydrogen-bond acceptors (Lipinski definition) is 5. The average molecular weight is 498 g/mol. The molecule has 182 valence electrons. The monoisotopic (exact) mass is 498 g/mol. The van der Waals surface area contributed by atoms with Gasteiger partial charge in [0.15, 0.2) is 0 Å². The van der Waals surface area contributed by atoms with Crippen LogP contribution in [0, 0.1) is 0 Å². The highest BCUT2D eigenvalue weighted by atomic mass is 32.2. The van der Waals surface area contributed by atoms with Gasteiger partial charge in [-0.3, -0.25) is 14.4 Å². The fourth-order valence-corrected chi connectivity index (χ4v) is 4.45. The fraction of sp³-hybridized carbons (Fsp3) is 0.286. The van der Waals surface area contributed by atoms with Crippen molar-refractivity contribution in [3.8, 4) is 0 Å². The number of fused-ring (bicyclic) bond motifs is 1. The van der Waals surface area contributed by atoms with Crippen molar-refractivity contribution in [2.24, 2.45) is 0 Å². The lowest BCUT2D eigenvalue weighted by Crippen LogP contribution is -2.40. The van der Waals surface area contributed by atoms with Crippen molar-refractivity contribution >= 4 is 39.1 Å². The van der Waals surface area contributed by atoms with E-state index in [0.717, 1.165) is 6.07 Å². The Labute approximate surface area is 193 Å². The molecule has 2 aromatic rings. The van der Waals surface area contributed by atoms with Crippen LogP contribution in [0.15, 0.2) is 47.4 Å². The lowest BCUT2D eigenvalue weighted by Gasteiger charge is -2.19. The minimum absolute atomic E-state index is 0.0235. The predicted octanol–water partition coefficient (Wildman–Crippen LogP) is 1.80. The fourth-order valence-electron chi connectivity index (χ4n) is 3.36. The summed E-state index contributed by atoms with van der Waals surface area (Å²) in [5.41, 5.74) is 1.18. The smallest absolute Gasteiger partial charge is 0.351 e. The van der Waals surface area contributed by atoms with Crippen molar-refractivity contribution < 1.29 is 36.0 Å². The van der Waals surface area contributed by atoms with E-state index in [1.54, 1.807) is 12.1 Å². The highest BCUT2D eigenvalue weighted by molar-refractivity contribution is 7.89. The molecule has 9 nitrogen and oxygen atoms in total. The first-order valence-electron chi connectivity index (χ1n) is 10.1. The highest BCUT2D eigenvalue weighted by Gasteiger charge is 2.44. The Balaban J connectivity index is 1.55. The summed E-state index contributed by atoms with van der Waals surface area (Å²) in [6.45, 7) is 1.01. The molecule has 34 heavy (non-hydrogen) atoms. The van der Waals surface area contributed by atoms with E-state index in [0.29, 0.717) is 21.7 Å². The number of nitrogens with zero attached hydrogens (tertiary/aromatic N) is 1. The van der Waals surface area contributed by atoms with Crippen LogP contribution >= 0.6 is 0 Å². The molecule has 0 spiro atoms. The molecule has 0 radical (unpaired) electrons. The van der Waals surface area contributed by atoms with Gasteiger partial charge in [0.1, 0.15) is 0 Å². The molecule has 0 fully saturated rings. The van der Waals surface area contributed by atoms with Gasteiger partial charge in [-0.1, -0.05) is 0 Å². The zero-order chi connectivity index (χ0) is 25.1. The number of anilines is 2. The first kappa shape index (κ1) is 25.2. The molecule has 13 heteroatoms. The SMILES string of the molecule is CC(=O)Nc1ccc(C(=O)NCCNS(=O)(=O)c2ccc3c(c2)CCN3C(=O)C(F)(F)F)cc1. The van der Waals surface area contributed by atoms with E-state index in [-0.39, 0.29) is 42.5 Å². The van der Waals surface area contributed by atoms with E-state index in [1.165, 1.54) is 31.2 Å². The Morgan fingerprint density at radius 2 is 1.71 bits per heavy atom. The van der Waals surface area contributed by atoms with Crippen molar-refractivity contribution in [1.29, 1.82) is 0 Å². The summed E-state index contributed by atoms with van der Waals surface area (Å²) < 4.78 is 65.5. The lowest BCUT2D eigenvalue weighted by molar-refractivity contribution is -0.170. The topological polar surface area (TPSA) is 125 Å². The molecule has 1 aliphatic heterocycles. The van der Waals surface area contributed by atoms with Gasteiger partial charge < -0.3 is 15.5 Å². The van der Waals surface area contributed by atoms with Crippen molar-refractivity contribution in [3.05, 3.63) is 53.6 Å². The third kappa shape index (κ3) is 5.91. The van der Waals surface area contributed by atoms with Crippen molar-refractivity contribution in [1.82, 2.24) is 10.0 Å². The zero-order valence-corrected chi connectivity index (χ0v) is 18.7. The maximum atomic E-state index is 12.7. The molecule has 1 heterocycles. The van der Waals surface area contributed by atoms with Crippen LogP contribution in [-0.4, -0.2) is 51.9 Å². The minimum Gasteiger partial charge on any atom is -0.351 e.